The van der Waals surface area contributed by atoms with E-state index in [2.05, 4.69) is 24.3 Å². The van der Waals surface area contributed by atoms with E-state index in [0.717, 1.165) is 18.8 Å². The van der Waals surface area contributed by atoms with Crippen molar-refractivity contribution in [2.24, 2.45) is 0 Å². The summed E-state index contributed by atoms with van der Waals surface area (Å²) in [4.78, 5) is 0. The molecule has 0 amide bonds. The zero-order valence-corrected chi connectivity index (χ0v) is 10.5. The molecule has 1 aromatic rings. The highest BCUT2D eigenvalue weighted by Gasteiger charge is 2.33. The molecule has 92 valence electrons. The second-order valence-electron chi connectivity index (χ2n) is 5.85. The fraction of sp³-hybridized carbons (Fsp3) is 0.625. The van der Waals surface area contributed by atoms with Gasteiger partial charge in [0.1, 0.15) is 0 Å². The molecule has 0 unspecified atom stereocenters. The van der Waals surface area contributed by atoms with Gasteiger partial charge in [0.05, 0.1) is 5.60 Å². The van der Waals surface area contributed by atoms with Crippen LogP contribution in [0.25, 0.3) is 0 Å². The Hall–Kier alpha value is -0.820. The van der Waals surface area contributed by atoms with Gasteiger partial charge in [0.2, 0.25) is 0 Å². The molecule has 0 radical (unpaired) electrons. The van der Waals surface area contributed by atoms with Crippen LogP contribution in [-0.4, -0.2) is 5.11 Å². The van der Waals surface area contributed by atoms with Gasteiger partial charge in [-0.05, 0) is 42.7 Å². The van der Waals surface area contributed by atoms with Crippen LogP contribution in [0.1, 0.15) is 68.4 Å². The van der Waals surface area contributed by atoms with Gasteiger partial charge in [-0.3, -0.25) is 0 Å². The van der Waals surface area contributed by atoms with Crippen LogP contribution in [0.15, 0.2) is 24.3 Å². The predicted octanol–water partition coefficient (Wildman–Crippen LogP) is 4.11. The third kappa shape index (κ3) is 2.13. The van der Waals surface area contributed by atoms with E-state index in [1.165, 1.54) is 49.7 Å². The Morgan fingerprint density at radius 1 is 1.00 bits per heavy atom. The lowest BCUT2D eigenvalue weighted by molar-refractivity contribution is 0.0444. The van der Waals surface area contributed by atoms with Crippen molar-refractivity contribution >= 4 is 0 Å². The molecule has 2 fully saturated rings. The number of rotatable bonds is 2. The van der Waals surface area contributed by atoms with Crippen LogP contribution in [0.3, 0.4) is 0 Å². The maximum Gasteiger partial charge on any atom is 0.0896 e. The molecule has 3 rings (SSSR count). The van der Waals surface area contributed by atoms with E-state index < -0.39 is 5.60 Å². The summed E-state index contributed by atoms with van der Waals surface area (Å²) in [7, 11) is 0. The molecular formula is C16H22O. The van der Waals surface area contributed by atoms with Crippen LogP contribution in [-0.2, 0) is 5.60 Å². The van der Waals surface area contributed by atoms with Crippen LogP contribution >= 0.6 is 0 Å². The molecule has 2 aliphatic rings. The second kappa shape index (κ2) is 4.45. The molecule has 1 N–H and O–H groups in total. The lowest BCUT2D eigenvalue weighted by atomic mass is 9.88. The van der Waals surface area contributed by atoms with Crippen LogP contribution in [0, 0.1) is 0 Å². The molecule has 1 aromatic carbocycles. The van der Waals surface area contributed by atoms with E-state index in [0.29, 0.717) is 0 Å². The number of hydrogen-bond donors (Lipinski definition) is 1. The first kappa shape index (κ1) is 11.3. The van der Waals surface area contributed by atoms with Crippen molar-refractivity contribution in [3.8, 4) is 0 Å². The molecule has 0 bridgehead atoms. The summed E-state index contributed by atoms with van der Waals surface area (Å²) in [6.07, 6.45) is 9.65. The van der Waals surface area contributed by atoms with Gasteiger partial charge in [-0.15, -0.1) is 0 Å². The van der Waals surface area contributed by atoms with Crippen LogP contribution in [0.2, 0.25) is 0 Å². The number of hydrogen-bond acceptors (Lipinski definition) is 1. The number of aliphatic hydroxyl groups is 1. The molecule has 0 atom stereocenters. The molecule has 0 heterocycles. The Morgan fingerprint density at radius 2 is 1.71 bits per heavy atom. The van der Waals surface area contributed by atoms with Gasteiger partial charge in [0.25, 0.3) is 0 Å². The van der Waals surface area contributed by atoms with Gasteiger partial charge in [-0.25, -0.2) is 0 Å². The van der Waals surface area contributed by atoms with Crippen molar-refractivity contribution in [3.05, 3.63) is 35.4 Å². The maximum absolute atomic E-state index is 10.6. The predicted molar refractivity (Wildman–Crippen MR) is 70.0 cm³/mol. The van der Waals surface area contributed by atoms with Gasteiger partial charge >= 0.3 is 0 Å². The lowest BCUT2D eigenvalue weighted by Crippen LogP contribution is -2.21. The van der Waals surface area contributed by atoms with Gasteiger partial charge in [-0.1, -0.05) is 49.9 Å². The topological polar surface area (TPSA) is 20.2 Å². The molecule has 2 saturated carbocycles. The van der Waals surface area contributed by atoms with Gasteiger partial charge in [-0.2, -0.15) is 0 Å². The standard InChI is InChI=1S/C16H22O/c17-16(10-3-4-11-16)15-9-5-8-14(12-15)13-6-1-2-7-13/h5,8-9,12-13,17H,1-4,6-7,10-11H2. The van der Waals surface area contributed by atoms with Crippen molar-refractivity contribution < 1.29 is 5.11 Å². The highest BCUT2D eigenvalue weighted by atomic mass is 16.3. The Morgan fingerprint density at radius 3 is 2.41 bits per heavy atom. The van der Waals surface area contributed by atoms with Crippen LogP contribution in [0.4, 0.5) is 0 Å². The molecule has 17 heavy (non-hydrogen) atoms. The van der Waals surface area contributed by atoms with E-state index in [1.54, 1.807) is 0 Å². The monoisotopic (exact) mass is 230 g/mol. The smallest absolute Gasteiger partial charge is 0.0896 e. The Labute approximate surface area is 104 Å². The Kier molecular flexibility index (Phi) is 2.96. The quantitative estimate of drug-likeness (QED) is 0.810. The first-order valence-electron chi connectivity index (χ1n) is 7.11. The minimum absolute atomic E-state index is 0.519. The van der Waals surface area contributed by atoms with Crippen molar-refractivity contribution in [3.63, 3.8) is 0 Å². The lowest BCUT2D eigenvalue weighted by Gasteiger charge is -2.24. The molecule has 2 aliphatic carbocycles. The molecule has 0 aliphatic heterocycles. The molecule has 1 heteroatoms. The van der Waals surface area contributed by atoms with Crippen molar-refractivity contribution in [1.82, 2.24) is 0 Å². The SMILES string of the molecule is OC1(c2cccc(C3CCCC3)c2)CCCC1. The van der Waals surface area contributed by atoms with E-state index in [9.17, 15) is 5.11 Å². The third-order valence-electron chi connectivity index (χ3n) is 4.68. The molecular weight excluding hydrogens is 208 g/mol. The normalized spacial score (nSPS) is 24.3. The maximum atomic E-state index is 10.6. The number of benzene rings is 1. The molecule has 0 spiro atoms. The second-order valence-corrected chi connectivity index (χ2v) is 5.85. The van der Waals surface area contributed by atoms with E-state index in [1.807, 2.05) is 0 Å². The molecule has 1 nitrogen and oxygen atoms in total. The summed E-state index contributed by atoms with van der Waals surface area (Å²) in [5, 5.41) is 10.6. The van der Waals surface area contributed by atoms with Crippen molar-refractivity contribution in [1.29, 1.82) is 0 Å². The van der Waals surface area contributed by atoms with E-state index in [-0.39, 0.29) is 0 Å². The third-order valence-corrected chi connectivity index (χ3v) is 4.68. The fourth-order valence-corrected chi connectivity index (χ4v) is 3.59. The summed E-state index contributed by atoms with van der Waals surface area (Å²) in [5.41, 5.74) is 2.11. The highest BCUT2D eigenvalue weighted by molar-refractivity contribution is 5.31. The van der Waals surface area contributed by atoms with E-state index >= 15 is 0 Å². The summed E-state index contributed by atoms with van der Waals surface area (Å²) >= 11 is 0. The average molecular weight is 230 g/mol. The Balaban J connectivity index is 1.88. The summed E-state index contributed by atoms with van der Waals surface area (Å²) < 4.78 is 0. The van der Waals surface area contributed by atoms with Gasteiger partial charge in [0, 0.05) is 0 Å². The molecule has 0 saturated heterocycles. The largest absolute Gasteiger partial charge is 0.385 e. The summed E-state index contributed by atoms with van der Waals surface area (Å²) in [5.74, 6) is 0.750. The summed E-state index contributed by atoms with van der Waals surface area (Å²) in [6, 6.07) is 8.78. The zero-order valence-electron chi connectivity index (χ0n) is 10.5. The zero-order chi connectivity index (χ0) is 11.7. The fourth-order valence-electron chi connectivity index (χ4n) is 3.59. The van der Waals surface area contributed by atoms with Gasteiger partial charge < -0.3 is 5.11 Å². The highest BCUT2D eigenvalue weighted by Crippen LogP contribution is 2.41. The first-order valence-corrected chi connectivity index (χ1v) is 7.11. The van der Waals surface area contributed by atoms with Crippen molar-refractivity contribution in [2.45, 2.75) is 62.9 Å². The minimum Gasteiger partial charge on any atom is -0.385 e. The van der Waals surface area contributed by atoms with Crippen molar-refractivity contribution in [2.75, 3.05) is 0 Å². The first-order chi connectivity index (χ1) is 8.28. The van der Waals surface area contributed by atoms with Crippen LogP contribution in [0.5, 0.6) is 0 Å². The van der Waals surface area contributed by atoms with Crippen LogP contribution < -0.4 is 0 Å². The minimum atomic E-state index is -0.519. The summed E-state index contributed by atoms with van der Waals surface area (Å²) in [6.45, 7) is 0. The van der Waals surface area contributed by atoms with E-state index in [4.69, 9.17) is 0 Å². The average Bonchev–Trinajstić information content (AvgIpc) is 3.01. The van der Waals surface area contributed by atoms with Gasteiger partial charge in [0.15, 0.2) is 0 Å². The Bertz CT molecular complexity index is 384. The molecule has 0 aromatic heterocycles.